The molecular formula is C12H15NO5. The maximum atomic E-state index is 11.5. The van der Waals surface area contributed by atoms with E-state index >= 15 is 0 Å². The van der Waals surface area contributed by atoms with Crippen molar-refractivity contribution in [2.24, 2.45) is 0 Å². The van der Waals surface area contributed by atoms with Crippen LogP contribution < -0.4 is 9.47 Å². The summed E-state index contributed by atoms with van der Waals surface area (Å²) >= 11 is 0. The maximum Gasteiger partial charge on any atom is 0.315 e. The minimum Gasteiger partial charge on any atom is -0.493 e. The Bertz CT molecular complexity index is 444. The second-order valence-electron chi connectivity index (χ2n) is 3.64. The molecule has 0 bridgehead atoms. The highest BCUT2D eigenvalue weighted by atomic mass is 16.6. The van der Waals surface area contributed by atoms with E-state index in [0.717, 1.165) is 6.42 Å². The second kappa shape index (κ2) is 6.58. The van der Waals surface area contributed by atoms with Gasteiger partial charge in [-0.3, -0.25) is 14.9 Å². The van der Waals surface area contributed by atoms with Gasteiger partial charge in [0.2, 0.25) is 5.75 Å². The third kappa shape index (κ3) is 3.44. The zero-order valence-corrected chi connectivity index (χ0v) is 10.3. The van der Waals surface area contributed by atoms with Crippen LogP contribution in [0.3, 0.4) is 0 Å². The van der Waals surface area contributed by atoms with Crippen molar-refractivity contribution in [3.63, 3.8) is 0 Å². The van der Waals surface area contributed by atoms with Gasteiger partial charge in [-0.25, -0.2) is 0 Å². The van der Waals surface area contributed by atoms with E-state index < -0.39 is 10.9 Å². The molecule has 0 saturated carbocycles. The molecule has 0 heterocycles. The molecule has 0 atom stereocenters. The van der Waals surface area contributed by atoms with E-state index in [0.29, 0.717) is 6.42 Å². The zero-order chi connectivity index (χ0) is 13.5. The average Bonchev–Trinajstić information content (AvgIpc) is 2.36. The van der Waals surface area contributed by atoms with Crippen LogP contribution in [0.4, 0.5) is 5.69 Å². The summed E-state index contributed by atoms with van der Waals surface area (Å²) in [6.07, 6.45) is 1.76. The molecule has 1 aromatic rings. The number of benzene rings is 1. The summed E-state index contributed by atoms with van der Waals surface area (Å²) in [4.78, 5) is 21.8. The van der Waals surface area contributed by atoms with Crippen LogP contribution in [0.1, 0.15) is 26.2 Å². The normalized spacial score (nSPS) is 9.89. The molecule has 18 heavy (non-hydrogen) atoms. The number of hydrogen-bond donors (Lipinski definition) is 0. The summed E-state index contributed by atoms with van der Waals surface area (Å²) in [7, 11) is 1.36. The molecule has 0 unspecified atom stereocenters. The topological polar surface area (TPSA) is 78.7 Å². The highest BCUT2D eigenvalue weighted by Gasteiger charge is 2.22. The lowest BCUT2D eigenvalue weighted by atomic mass is 10.2. The first-order chi connectivity index (χ1) is 8.60. The van der Waals surface area contributed by atoms with Gasteiger partial charge in [-0.1, -0.05) is 19.4 Å². The van der Waals surface area contributed by atoms with Crippen LogP contribution in [0.2, 0.25) is 0 Å². The van der Waals surface area contributed by atoms with E-state index in [2.05, 4.69) is 0 Å². The third-order valence-electron chi connectivity index (χ3n) is 2.33. The molecule has 1 rings (SSSR count). The molecule has 0 saturated heterocycles. The Labute approximate surface area is 105 Å². The fraction of sp³-hybridized carbons (Fsp3) is 0.417. The summed E-state index contributed by atoms with van der Waals surface area (Å²) in [6.45, 7) is 1.94. The summed E-state index contributed by atoms with van der Waals surface area (Å²) in [5.74, 6) is -0.454. The summed E-state index contributed by atoms with van der Waals surface area (Å²) in [5, 5.41) is 10.8. The van der Waals surface area contributed by atoms with Gasteiger partial charge in [-0.05, 0) is 12.5 Å². The van der Waals surface area contributed by atoms with Gasteiger partial charge < -0.3 is 9.47 Å². The molecule has 0 radical (unpaired) electrons. The minimum absolute atomic E-state index is 0.133. The zero-order valence-electron chi connectivity index (χ0n) is 10.3. The first-order valence-corrected chi connectivity index (χ1v) is 5.62. The SMILES string of the molecule is CCCCC(=O)Oc1c(OC)cccc1[N+](=O)[O-]. The van der Waals surface area contributed by atoms with E-state index in [1.165, 1.54) is 25.3 Å². The van der Waals surface area contributed by atoms with Crippen LogP contribution in [-0.2, 0) is 4.79 Å². The molecule has 0 spiro atoms. The fourth-order valence-electron chi connectivity index (χ4n) is 1.40. The molecule has 6 nitrogen and oxygen atoms in total. The summed E-state index contributed by atoms with van der Waals surface area (Å²) in [6, 6.07) is 4.25. The minimum atomic E-state index is -0.606. The van der Waals surface area contributed by atoms with Crippen molar-refractivity contribution in [1.82, 2.24) is 0 Å². The number of nitro groups is 1. The monoisotopic (exact) mass is 253 g/mol. The quantitative estimate of drug-likeness (QED) is 0.337. The van der Waals surface area contributed by atoms with Gasteiger partial charge in [0.15, 0.2) is 5.75 Å². The van der Waals surface area contributed by atoms with Crippen LogP contribution in [-0.4, -0.2) is 18.0 Å². The highest BCUT2D eigenvalue weighted by Crippen LogP contribution is 2.36. The number of unbranched alkanes of at least 4 members (excludes halogenated alkanes) is 1. The van der Waals surface area contributed by atoms with Gasteiger partial charge in [-0.15, -0.1) is 0 Å². The molecule has 6 heteroatoms. The van der Waals surface area contributed by atoms with Crippen LogP contribution in [0.5, 0.6) is 11.5 Å². The van der Waals surface area contributed by atoms with Crippen LogP contribution in [0, 0.1) is 10.1 Å². The molecule has 98 valence electrons. The maximum absolute atomic E-state index is 11.5. The number of carbonyl (C=O) groups excluding carboxylic acids is 1. The number of esters is 1. The van der Waals surface area contributed by atoms with Crippen molar-refractivity contribution in [2.45, 2.75) is 26.2 Å². The van der Waals surface area contributed by atoms with Gasteiger partial charge in [-0.2, -0.15) is 0 Å². The fourth-order valence-corrected chi connectivity index (χ4v) is 1.40. The number of ether oxygens (including phenoxy) is 2. The molecule has 0 fully saturated rings. The van der Waals surface area contributed by atoms with Crippen LogP contribution in [0.25, 0.3) is 0 Å². The van der Waals surface area contributed by atoms with E-state index in [-0.39, 0.29) is 23.6 Å². The smallest absolute Gasteiger partial charge is 0.315 e. The Kier molecular flexibility index (Phi) is 5.10. The highest BCUT2D eigenvalue weighted by molar-refractivity contribution is 5.75. The Hall–Kier alpha value is -2.11. The Morgan fingerprint density at radius 2 is 2.17 bits per heavy atom. The van der Waals surface area contributed by atoms with Crippen molar-refractivity contribution < 1.29 is 19.2 Å². The molecule has 0 N–H and O–H groups in total. The lowest BCUT2D eigenvalue weighted by Gasteiger charge is -2.08. The van der Waals surface area contributed by atoms with Gasteiger partial charge in [0.1, 0.15) is 0 Å². The van der Waals surface area contributed by atoms with Crippen LogP contribution >= 0.6 is 0 Å². The molecule has 0 aliphatic carbocycles. The molecule has 1 aromatic carbocycles. The molecule has 0 aliphatic rings. The first-order valence-electron chi connectivity index (χ1n) is 5.62. The molecule has 0 aromatic heterocycles. The van der Waals surface area contributed by atoms with Crippen molar-refractivity contribution in [3.8, 4) is 11.5 Å². The van der Waals surface area contributed by atoms with Crippen molar-refractivity contribution in [2.75, 3.05) is 7.11 Å². The van der Waals surface area contributed by atoms with Crippen molar-refractivity contribution in [1.29, 1.82) is 0 Å². The van der Waals surface area contributed by atoms with Gasteiger partial charge in [0.05, 0.1) is 12.0 Å². The first kappa shape index (κ1) is 14.0. The predicted octanol–water partition coefficient (Wildman–Crippen LogP) is 2.70. The van der Waals surface area contributed by atoms with Gasteiger partial charge >= 0.3 is 11.7 Å². The average molecular weight is 253 g/mol. The van der Waals surface area contributed by atoms with Crippen molar-refractivity contribution in [3.05, 3.63) is 28.3 Å². The van der Waals surface area contributed by atoms with Gasteiger partial charge in [0.25, 0.3) is 0 Å². The standard InChI is InChI=1S/C12H15NO5/c1-3-4-8-11(14)18-12-9(13(15)16)6-5-7-10(12)17-2/h5-7H,3-4,8H2,1-2H3. The number of methoxy groups -OCH3 is 1. The summed E-state index contributed by atoms with van der Waals surface area (Å²) < 4.78 is 9.99. The Morgan fingerprint density at radius 3 is 2.72 bits per heavy atom. The summed E-state index contributed by atoms with van der Waals surface area (Å²) in [5.41, 5.74) is -0.279. The lowest BCUT2D eigenvalue weighted by molar-refractivity contribution is -0.385. The number of hydrogen-bond acceptors (Lipinski definition) is 5. The Balaban J connectivity index is 2.97. The second-order valence-corrected chi connectivity index (χ2v) is 3.64. The number of carbonyl (C=O) groups is 1. The van der Waals surface area contributed by atoms with E-state index in [1.54, 1.807) is 0 Å². The Morgan fingerprint density at radius 1 is 1.44 bits per heavy atom. The number of nitro benzene ring substituents is 1. The third-order valence-corrected chi connectivity index (χ3v) is 2.33. The van der Waals surface area contributed by atoms with Crippen LogP contribution in [0.15, 0.2) is 18.2 Å². The van der Waals surface area contributed by atoms with Gasteiger partial charge in [0, 0.05) is 12.5 Å². The van der Waals surface area contributed by atoms with Crippen molar-refractivity contribution >= 4 is 11.7 Å². The van der Waals surface area contributed by atoms with E-state index in [9.17, 15) is 14.9 Å². The number of nitrogens with zero attached hydrogens (tertiary/aromatic N) is 1. The molecule has 0 aliphatic heterocycles. The predicted molar refractivity (Wildman–Crippen MR) is 64.8 cm³/mol. The number of para-hydroxylation sites is 1. The molecular weight excluding hydrogens is 238 g/mol. The largest absolute Gasteiger partial charge is 0.493 e. The molecule has 0 amide bonds. The number of rotatable bonds is 6. The van der Waals surface area contributed by atoms with E-state index in [1.807, 2.05) is 6.92 Å². The lowest BCUT2D eigenvalue weighted by Crippen LogP contribution is -2.09. The van der Waals surface area contributed by atoms with E-state index in [4.69, 9.17) is 9.47 Å².